The Labute approximate surface area is 101 Å². The monoisotopic (exact) mass is 256 g/mol. The van der Waals surface area contributed by atoms with Crippen molar-refractivity contribution < 1.29 is 18.4 Å². The molecule has 6 heteroatoms. The van der Waals surface area contributed by atoms with Crippen molar-refractivity contribution in [1.29, 1.82) is 0 Å². The second kappa shape index (κ2) is 4.36. The van der Waals surface area contributed by atoms with Crippen molar-refractivity contribution in [2.45, 2.75) is 19.5 Å². The molecular weight excluding hydrogens is 245 g/mol. The number of rotatable bonds is 2. The standard InChI is InChI=1S/C12H11F3N2O/c1-2-9-16-11(12(13,14)15)10(17(9)18)8-6-4-3-5-7-8/h3-7,18H,2H2,1H3. The topological polar surface area (TPSA) is 38.0 Å². The zero-order valence-corrected chi connectivity index (χ0v) is 9.57. The number of halogens is 3. The van der Waals surface area contributed by atoms with Gasteiger partial charge in [0.1, 0.15) is 11.5 Å². The molecule has 0 fully saturated rings. The predicted molar refractivity (Wildman–Crippen MR) is 59.2 cm³/mol. The molecule has 0 saturated heterocycles. The van der Waals surface area contributed by atoms with E-state index < -0.39 is 11.9 Å². The molecule has 0 aliphatic heterocycles. The second-order valence-electron chi connectivity index (χ2n) is 3.75. The zero-order valence-electron chi connectivity index (χ0n) is 9.57. The molecule has 96 valence electrons. The van der Waals surface area contributed by atoms with Gasteiger partial charge in [-0.1, -0.05) is 37.3 Å². The fraction of sp³-hybridized carbons (Fsp3) is 0.250. The fourth-order valence-electron chi connectivity index (χ4n) is 1.74. The number of hydrogen-bond acceptors (Lipinski definition) is 2. The van der Waals surface area contributed by atoms with Crippen LogP contribution in [-0.2, 0) is 12.6 Å². The molecule has 3 nitrogen and oxygen atoms in total. The average molecular weight is 256 g/mol. The van der Waals surface area contributed by atoms with Crippen molar-refractivity contribution >= 4 is 0 Å². The van der Waals surface area contributed by atoms with Crippen molar-refractivity contribution in [3.05, 3.63) is 41.9 Å². The minimum Gasteiger partial charge on any atom is -0.427 e. The summed E-state index contributed by atoms with van der Waals surface area (Å²) in [4.78, 5) is 3.46. The SMILES string of the molecule is CCc1nc(C(F)(F)F)c(-c2ccccc2)n1O. The average Bonchev–Trinajstić information content (AvgIpc) is 2.67. The van der Waals surface area contributed by atoms with Crippen LogP contribution < -0.4 is 0 Å². The Morgan fingerprint density at radius 2 is 1.83 bits per heavy atom. The third-order valence-electron chi connectivity index (χ3n) is 2.55. The molecule has 1 heterocycles. The van der Waals surface area contributed by atoms with Gasteiger partial charge in [-0.3, -0.25) is 0 Å². The number of nitrogens with zero attached hydrogens (tertiary/aromatic N) is 2. The van der Waals surface area contributed by atoms with Gasteiger partial charge in [-0.25, -0.2) is 4.98 Å². The molecule has 0 amide bonds. The molecule has 0 unspecified atom stereocenters. The Balaban J connectivity index is 2.69. The van der Waals surface area contributed by atoms with E-state index in [9.17, 15) is 18.4 Å². The highest BCUT2D eigenvalue weighted by atomic mass is 19.4. The minimum absolute atomic E-state index is 0.0128. The molecule has 2 rings (SSSR count). The summed E-state index contributed by atoms with van der Waals surface area (Å²) in [7, 11) is 0. The molecule has 1 aromatic heterocycles. The highest BCUT2D eigenvalue weighted by Crippen LogP contribution is 2.36. The molecule has 0 aliphatic carbocycles. The van der Waals surface area contributed by atoms with E-state index in [1.807, 2.05) is 0 Å². The number of hydrogen-bond donors (Lipinski definition) is 1. The quantitative estimate of drug-likeness (QED) is 0.836. The molecule has 0 bridgehead atoms. The smallest absolute Gasteiger partial charge is 0.427 e. The number of aryl methyl sites for hydroxylation is 1. The van der Waals surface area contributed by atoms with Gasteiger partial charge in [-0.15, -0.1) is 0 Å². The lowest BCUT2D eigenvalue weighted by molar-refractivity contribution is -0.140. The predicted octanol–water partition coefficient (Wildman–Crippen LogP) is 3.37. The van der Waals surface area contributed by atoms with E-state index >= 15 is 0 Å². The van der Waals surface area contributed by atoms with Crippen molar-refractivity contribution in [3.8, 4) is 11.3 Å². The van der Waals surface area contributed by atoms with Gasteiger partial charge < -0.3 is 5.21 Å². The lowest BCUT2D eigenvalue weighted by Crippen LogP contribution is -2.08. The summed E-state index contributed by atoms with van der Waals surface area (Å²) in [6.07, 6.45) is -4.38. The lowest BCUT2D eigenvalue weighted by atomic mass is 10.1. The van der Waals surface area contributed by atoms with Gasteiger partial charge in [0.2, 0.25) is 0 Å². The first-order valence-electron chi connectivity index (χ1n) is 5.38. The van der Waals surface area contributed by atoms with Crippen LogP contribution in [0.2, 0.25) is 0 Å². The van der Waals surface area contributed by atoms with Gasteiger partial charge >= 0.3 is 6.18 Å². The molecule has 1 N–H and O–H groups in total. The van der Waals surface area contributed by atoms with Gasteiger partial charge in [0.15, 0.2) is 5.69 Å². The first-order valence-corrected chi connectivity index (χ1v) is 5.38. The summed E-state index contributed by atoms with van der Waals surface area (Å²) < 4.78 is 39.1. The number of alkyl halides is 3. The van der Waals surface area contributed by atoms with Crippen LogP contribution in [0.4, 0.5) is 13.2 Å². The summed E-state index contributed by atoms with van der Waals surface area (Å²) in [5, 5.41) is 9.78. The van der Waals surface area contributed by atoms with Gasteiger partial charge in [-0.05, 0) is 0 Å². The van der Waals surface area contributed by atoms with E-state index in [0.29, 0.717) is 4.73 Å². The first kappa shape index (κ1) is 12.5. The summed E-state index contributed by atoms with van der Waals surface area (Å²) in [6, 6.07) is 7.90. The van der Waals surface area contributed by atoms with Crippen molar-refractivity contribution in [3.63, 3.8) is 0 Å². The van der Waals surface area contributed by atoms with Crippen LogP contribution in [0.1, 0.15) is 18.4 Å². The van der Waals surface area contributed by atoms with Gasteiger partial charge in [0.05, 0.1) is 0 Å². The number of imidazole rings is 1. The zero-order chi connectivity index (χ0) is 13.3. The van der Waals surface area contributed by atoms with Crippen LogP contribution in [0.15, 0.2) is 30.3 Å². The third kappa shape index (κ3) is 2.05. The Kier molecular flexibility index (Phi) is 3.02. The number of aromatic nitrogens is 2. The molecule has 18 heavy (non-hydrogen) atoms. The molecule has 0 spiro atoms. The van der Waals surface area contributed by atoms with Crippen LogP contribution in [0.25, 0.3) is 11.3 Å². The van der Waals surface area contributed by atoms with E-state index in [-0.39, 0.29) is 23.5 Å². The van der Waals surface area contributed by atoms with E-state index in [0.717, 1.165) is 0 Å². The molecule has 2 aromatic rings. The first-order chi connectivity index (χ1) is 8.45. The Hall–Kier alpha value is -1.98. The normalized spacial score (nSPS) is 11.8. The highest BCUT2D eigenvalue weighted by molar-refractivity contribution is 5.63. The summed E-state index contributed by atoms with van der Waals surface area (Å²) >= 11 is 0. The van der Waals surface area contributed by atoms with Gasteiger partial charge in [-0.2, -0.15) is 17.9 Å². The Bertz CT molecular complexity index is 546. The third-order valence-corrected chi connectivity index (χ3v) is 2.55. The Morgan fingerprint density at radius 1 is 1.22 bits per heavy atom. The lowest BCUT2D eigenvalue weighted by Gasteiger charge is -2.07. The molecule has 0 aliphatic rings. The maximum Gasteiger partial charge on any atom is 0.435 e. The van der Waals surface area contributed by atoms with Crippen LogP contribution >= 0.6 is 0 Å². The van der Waals surface area contributed by atoms with E-state index in [4.69, 9.17) is 0 Å². The van der Waals surface area contributed by atoms with Crippen LogP contribution in [0.3, 0.4) is 0 Å². The molecule has 0 radical (unpaired) electrons. The van der Waals surface area contributed by atoms with Crippen molar-refractivity contribution in [2.75, 3.05) is 0 Å². The van der Waals surface area contributed by atoms with Crippen LogP contribution in [0.5, 0.6) is 0 Å². The highest BCUT2D eigenvalue weighted by Gasteiger charge is 2.39. The van der Waals surface area contributed by atoms with Crippen molar-refractivity contribution in [2.24, 2.45) is 0 Å². The van der Waals surface area contributed by atoms with E-state index in [1.54, 1.807) is 25.1 Å². The fourth-order valence-corrected chi connectivity index (χ4v) is 1.74. The van der Waals surface area contributed by atoms with Crippen LogP contribution in [-0.4, -0.2) is 14.9 Å². The minimum atomic E-state index is -4.59. The molecule has 0 saturated carbocycles. The molecular formula is C12H11F3N2O. The summed E-state index contributed by atoms with van der Waals surface area (Å²) in [5.41, 5.74) is -1.10. The van der Waals surface area contributed by atoms with Gasteiger partial charge in [0.25, 0.3) is 0 Å². The van der Waals surface area contributed by atoms with Crippen LogP contribution in [0, 0.1) is 0 Å². The van der Waals surface area contributed by atoms with E-state index in [2.05, 4.69) is 4.98 Å². The summed E-state index contributed by atoms with van der Waals surface area (Å²) in [5.74, 6) is -0.0128. The van der Waals surface area contributed by atoms with Crippen molar-refractivity contribution in [1.82, 2.24) is 9.71 Å². The maximum absolute atomic E-state index is 12.9. The maximum atomic E-state index is 12.9. The number of benzene rings is 1. The summed E-state index contributed by atoms with van der Waals surface area (Å²) in [6.45, 7) is 1.63. The second-order valence-corrected chi connectivity index (χ2v) is 3.75. The molecule has 1 aromatic carbocycles. The Morgan fingerprint density at radius 3 is 2.33 bits per heavy atom. The largest absolute Gasteiger partial charge is 0.435 e. The molecule has 0 atom stereocenters. The van der Waals surface area contributed by atoms with E-state index in [1.165, 1.54) is 12.1 Å². The van der Waals surface area contributed by atoms with Gasteiger partial charge in [0, 0.05) is 12.0 Å².